The van der Waals surface area contributed by atoms with Crippen LogP contribution in [0.25, 0.3) is 0 Å². The van der Waals surface area contributed by atoms with E-state index in [2.05, 4.69) is 0 Å². The SMILES string of the molecule is Cc1ccc(C(=O)N2CCC3(CC2)CC(=O)c2ccc(C)c(C)c2O3)cc1. The summed E-state index contributed by atoms with van der Waals surface area (Å²) in [6.45, 7) is 7.28. The highest BCUT2D eigenvalue weighted by molar-refractivity contribution is 6.01. The van der Waals surface area contributed by atoms with Crippen molar-refractivity contribution in [2.75, 3.05) is 13.1 Å². The smallest absolute Gasteiger partial charge is 0.253 e. The highest BCUT2D eigenvalue weighted by atomic mass is 16.5. The third-order valence-electron chi connectivity index (χ3n) is 6.04. The van der Waals surface area contributed by atoms with E-state index < -0.39 is 5.60 Å². The molecular formula is C23H25NO3. The fourth-order valence-electron chi connectivity index (χ4n) is 4.06. The number of fused-ring (bicyclic) bond motifs is 1. The van der Waals surface area contributed by atoms with E-state index in [1.165, 1.54) is 0 Å². The molecule has 140 valence electrons. The molecule has 2 aliphatic heterocycles. The van der Waals surface area contributed by atoms with Gasteiger partial charge in [-0.2, -0.15) is 0 Å². The lowest BCUT2D eigenvalue weighted by Gasteiger charge is -2.44. The van der Waals surface area contributed by atoms with Gasteiger partial charge in [-0.1, -0.05) is 23.8 Å². The van der Waals surface area contributed by atoms with Crippen LogP contribution in [0.3, 0.4) is 0 Å². The van der Waals surface area contributed by atoms with Crippen molar-refractivity contribution in [1.82, 2.24) is 4.90 Å². The van der Waals surface area contributed by atoms with Crippen molar-refractivity contribution >= 4 is 11.7 Å². The summed E-state index contributed by atoms with van der Waals surface area (Å²) in [6.07, 6.45) is 1.77. The highest BCUT2D eigenvalue weighted by Crippen LogP contribution is 2.41. The minimum Gasteiger partial charge on any atom is -0.486 e. The molecule has 2 aliphatic rings. The number of piperidine rings is 1. The predicted octanol–water partition coefficient (Wildman–Crippen LogP) is 4.25. The number of hydrogen-bond donors (Lipinski definition) is 0. The Hall–Kier alpha value is -2.62. The van der Waals surface area contributed by atoms with Gasteiger partial charge in [0.2, 0.25) is 0 Å². The monoisotopic (exact) mass is 363 g/mol. The zero-order valence-corrected chi connectivity index (χ0v) is 16.2. The molecule has 0 unspecified atom stereocenters. The zero-order valence-electron chi connectivity index (χ0n) is 16.2. The van der Waals surface area contributed by atoms with Crippen LogP contribution in [0.2, 0.25) is 0 Å². The van der Waals surface area contributed by atoms with E-state index in [4.69, 9.17) is 4.74 Å². The van der Waals surface area contributed by atoms with Gasteiger partial charge in [-0.25, -0.2) is 0 Å². The first-order valence-electron chi connectivity index (χ1n) is 9.57. The van der Waals surface area contributed by atoms with Gasteiger partial charge in [0.05, 0.1) is 12.0 Å². The lowest BCUT2D eigenvalue weighted by Crippen LogP contribution is -2.52. The third kappa shape index (κ3) is 3.14. The Bertz CT molecular complexity index is 906. The first kappa shape index (κ1) is 17.8. The average Bonchev–Trinajstić information content (AvgIpc) is 2.66. The first-order valence-corrected chi connectivity index (χ1v) is 9.57. The number of carbonyl (C=O) groups excluding carboxylic acids is 2. The van der Waals surface area contributed by atoms with Crippen molar-refractivity contribution in [3.8, 4) is 5.75 Å². The van der Waals surface area contributed by atoms with Crippen molar-refractivity contribution in [3.05, 3.63) is 64.2 Å². The predicted molar refractivity (Wildman–Crippen MR) is 105 cm³/mol. The summed E-state index contributed by atoms with van der Waals surface area (Å²) < 4.78 is 6.43. The number of ether oxygens (including phenoxy) is 1. The minimum atomic E-state index is -0.479. The molecule has 1 saturated heterocycles. The molecule has 2 aromatic carbocycles. The molecular weight excluding hydrogens is 338 g/mol. The maximum Gasteiger partial charge on any atom is 0.253 e. The van der Waals surface area contributed by atoms with Crippen LogP contribution in [0.5, 0.6) is 5.75 Å². The number of likely N-dealkylation sites (tertiary alicyclic amines) is 1. The second kappa shape index (κ2) is 6.52. The van der Waals surface area contributed by atoms with Crippen molar-refractivity contribution in [3.63, 3.8) is 0 Å². The zero-order chi connectivity index (χ0) is 19.2. The van der Waals surface area contributed by atoms with E-state index in [9.17, 15) is 9.59 Å². The Balaban J connectivity index is 1.52. The Morgan fingerprint density at radius 3 is 2.33 bits per heavy atom. The van der Waals surface area contributed by atoms with Crippen LogP contribution < -0.4 is 4.74 Å². The van der Waals surface area contributed by atoms with Crippen molar-refractivity contribution in [2.24, 2.45) is 0 Å². The van der Waals surface area contributed by atoms with Crippen LogP contribution >= 0.6 is 0 Å². The summed E-state index contributed by atoms with van der Waals surface area (Å²) in [5.41, 5.74) is 4.24. The van der Waals surface area contributed by atoms with Gasteiger partial charge in [0.1, 0.15) is 11.4 Å². The number of rotatable bonds is 1. The quantitative estimate of drug-likeness (QED) is 0.761. The maximum atomic E-state index is 12.8. The number of Topliss-reactive ketones (excluding diaryl/α,β-unsaturated/α-hetero) is 1. The Morgan fingerprint density at radius 2 is 1.67 bits per heavy atom. The largest absolute Gasteiger partial charge is 0.486 e. The normalized spacial score (nSPS) is 18.2. The van der Waals surface area contributed by atoms with E-state index in [0.717, 1.165) is 22.4 Å². The van der Waals surface area contributed by atoms with Gasteiger partial charge in [-0.3, -0.25) is 9.59 Å². The molecule has 2 heterocycles. The molecule has 4 heteroatoms. The van der Waals surface area contributed by atoms with E-state index in [-0.39, 0.29) is 11.7 Å². The molecule has 0 bridgehead atoms. The molecule has 0 atom stereocenters. The Morgan fingerprint density at radius 1 is 1.00 bits per heavy atom. The van der Waals surface area contributed by atoms with Gasteiger partial charge in [-0.05, 0) is 50.1 Å². The second-order valence-electron chi connectivity index (χ2n) is 7.93. The highest BCUT2D eigenvalue weighted by Gasteiger charge is 2.44. The maximum absolute atomic E-state index is 12.8. The molecule has 1 spiro atoms. The van der Waals surface area contributed by atoms with E-state index in [1.807, 2.05) is 62.1 Å². The van der Waals surface area contributed by atoms with Gasteiger partial charge in [0.15, 0.2) is 5.78 Å². The number of amides is 1. The summed E-state index contributed by atoms with van der Waals surface area (Å²) in [4.78, 5) is 27.4. The van der Waals surface area contributed by atoms with E-state index in [1.54, 1.807) is 0 Å². The number of nitrogens with zero attached hydrogens (tertiary/aromatic N) is 1. The molecule has 2 aromatic rings. The first-order chi connectivity index (χ1) is 12.9. The molecule has 27 heavy (non-hydrogen) atoms. The van der Waals surface area contributed by atoms with Crippen molar-refractivity contribution < 1.29 is 14.3 Å². The Kier molecular flexibility index (Phi) is 4.29. The lowest BCUT2D eigenvalue weighted by molar-refractivity contribution is -0.00620. The standard InChI is InChI=1S/C23H25NO3/c1-15-4-7-18(8-5-15)22(26)24-12-10-23(11-13-24)14-20(25)19-9-6-16(2)17(3)21(19)27-23/h4-9H,10-14H2,1-3H3. The molecule has 0 aromatic heterocycles. The van der Waals surface area contributed by atoms with Crippen LogP contribution in [0.1, 0.15) is 56.7 Å². The lowest BCUT2D eigenvalue weighted by atomic mass is 9.81. The third-order valence-corrected chi connectivity index (χ3v) is 6.04. The molecule has 0 radical (unpaired) electrons. The van der Waals surface area contributed by atoms with Crippen LogP contribution in [0, 0.1) is 20.8 Å². The van der Waals surface area contributed by atoms with E-state index in [0.29, 0.717) is 43.5 Å². The number of aryl methyl sites for hydroxylation is 2. The van der Waals surface area contributed by atoms with Crippen LogP contribution in [-0.4, -0.2) is 35.3 Å². The minimum absolute atomic E-state index is 0.0550. The molecule has 0 aliphatic carbocycles. The second-order valence-corrected chi connectivity index (χ2v) is 7.93. The van der Waals surface area contributed by atoms with Gasteiger partial charge in [0.25, 0.3) is 5.91 Å². The summed E-state index contributed by atoms with van der Waals surface area (Å²) in [5, 5.41) is 0. The van der Waals surface area contributed by atoms with Gasteiger partial charge >= 0.3 is 0 Å². The fraction of sp³-hybridized carbons (Fsp3) is 0.391. The summed E-state index contributed by atoms with van der Waals surface area (Å²) >= 11 is 0. The molecule has 1 amide bonds. The van der Waals surface area contributed by atoms with E-state index >= 15 is 0 Å². The molecule has 4 nitrogen and oxygen atoms in total. The molecule has 0 N–H and O–H groups in total. The number of carbonyl (C=O) groups is 2. The van der Waals surface area contributed by atoms with Crippen molar-refractivity contribution in [2.45, 2.75) is 45.6 Å². The summed E-state index contributed by atoms with van der Waals surface area (Å²) in [5.74, 6) is 0.946. The van der Waals surface area contributed by atoms with Gasteiger partial charge in [0, 0.05) is 31.5 Å². The molecule has 1 fully saturated rings. The topological polar surface area (TPSA) is 46.6 Å². The average molecular weight is 363 g/mol. The molecule has 0 saturated carbocycles. The van der Waals surface area contributed by atoms with Gasteiger partial charge < -0.3 is 9.64 Å². The number of hydrogen-bond acceptors (Lipinski definition) is 3. The number of ketones is 1. The summed E-state index contributed by atoms with van der Waals surface area (Å²) in [6, 6.07) is 11.5. The summed E-state index contributed by atoms with van der Waals surface area (Å²) in [7, 11) is 0. The van der Waals surface area contributed by atoms with Crippen LogP contribution in [0.4, 0.5) is 0 Å². The van der Waals surface area contributed by atoms with Crippen LogP contribution in [0.15, 0.2) is 36.4 Å². The number of benzene rings is 2. The fourth-order valence-corrected chi connectivity index (χ4v) is 4.06. The molecule has 4 rings (SSSR count). The van der Waals surface area contributed by atoms with Crippen LogP contribution in [-0.2, 0) is 0 Å². The van der Waals surface area contributed by atoms with Gasteiger partial charge in [-0.15, -0.1) is 0 Å². The van der Waals surface area contributed by atoms with Crippen molar-refractivity contribution in [1.29, 1.82) is 0 Å². The Labute approximate surface area is 160 Å².